The fourth-order valence-electron chi connectivity index (χ4n) is 4.26. The van der Waals surface area contributed by atoms with E-state index in [9.17, 15) is 24.6 Å². The van der Waals surface area contributed by atoms with E-state index in [0.717, 1.165) is 0 Å². The van der Waals surface area contributed by atoms with E-state index in [4.69, 9.17) is 15.2 Å². The van der Waals surface area contributed by atoms with Crippen molar-refractivity contribution in [3.8, 4) is 11.5 Å². The standard InChI is InChI=1S/C26H27N3O7/c1-28(10-11-30)24(31)18-4-3-5-21-23(18)36-14-20(27)25(32)29(21)13-19-17-8-6-16(26(33)34)12-15(17)7-9-22(19)35-2/h3-9,12,20,30H,10-11,13-14,27H2,1-2H3,(H,33,34). The Morgan fingerprint density at radius 2 is 2.00 bits per heavy atom. The number of benzene rings is 3. The third kappa shape index (κ3) is 4.56. The van der Waals surface area contributed by atoms with Gasteiger partial charge in [-0.05, 0) is 41.1 Å². The van der Waals surface area contributed by atoms with Crippen molar-refractivity contribution in [3.63, 3.8) is 0 Å². The zero-order valence-electron chi connectivity index (χ0n) is 19.9. The number of ether oxygens (including phenoxy) is 2. The normalized spacial score (nSPS) is 15.2. The molecular formula is C26H27N3O7. The van der Waals surface area contributed by atoms with E-state index >= 15 is 0 Å². The Labute approximate surface area is 207 Å². The first kappa shape index (κ1) is 25.0. The maximum Gasteiger partial charge on any atom is 0.335 e. The van der Waals surface area contributed by atoms with Crippen LogP contribution in [0.3, 0.4) is 0 Å². The lowest BCUT2D eigenvalue weighted by molar-refractivity contribution is -0.120. The molecule has 1 unspecified atom stereocenters. The number of rotatable bonds is 7. The lowest BCUT2D eigenvalue weighted by Gasteiger charge is -2.26. The second-order valence-corrected chi connectivity index (χ2v) is 8.43. The number of hydrogen-bond donors (Lipinski definition) is 3. The molecular weight excluding hydrogens is 466 g/mol. The molecule has 0 aromatic heterocycles. The highest BCUT2D eigenvalue weighted by atomic mass is 16.5. The first-order valence-electron chi connectivity index (χ1n) is 11.3. The minimum Gasteiger partial charge on any atom is -0.496 e. The molecule has 0 spiro atoms. The highest BCUT2D eigenvalue weighted by Gasteiger charge is 2.33. The third-order valence-corrected chi connectivity index (χ3v) is 6.16. The smallest absolute Gasteiger partial charge is 0.335 e. The van der Waals surface area contributed by atoms with Crippen molar-refractivity contribution in [3.05, 3.63) is 65.2 Å². The lowest BCUT2D eigenvalue weighted by Crippen LogP contribution is -2.45. The van der Waals surface area contributed by atoms with Crippen molar-refractivity contribution < 1.29 is 34.1 Å². The van der Waals surface area contributed by atoms with E-state index in [1.54, 1.807) is 49.5 Å². The van der Waals surface area contributed by atoms with Crippen molar-refractivity contribution in [2.75, 3.05) is 38.8 Å². The van der Waals surface area contributed by atoms with Crippen LogP contribution in [0.5, 0.6) is 11.5 Å². The number of nitrogens with zero attached hydrogens (tertiary/aromatic N) is 2. The molecule has 0 bridgehead atoms. The van der Waals surface area contributed by atoms with Crippen molar-refractivity contribution in [1.82, 2.24) is 4.90 Å². The molecule has 188 valence electrons. The SMILES string of the molecule is COc1ccc2cc(C(=O)O)ccc2c1CN1C(=O)C(N)COc2c(C(=O)N(C)CCO)cccc21. The summed E-state index contributed by atoms with van der Waals surface area (Å²) in [7, 11) is 3.08. The number of fused-ring (bicyclic) bond motifs is 2. The Balaban J connectivity index is 1.85. The highest BCUT2D eigenvalue weighted by molar-refractivity contribution is 6.05. The van der Waals surface area contributed by atoms with Gasteiger partial charge in [-0.2, -0.15) is 0 Å². The number of carbonyl (C=O) groups is 3. The summed E-state index contributed by atoms with van der Waals surface area (Å²) in [4.78, 5) is 40.7. The van der Waals surface area contributed by atoms with Gasteiger partial charge < -0.3 is 35.2 Å². The van der Waals surface area contributed by atoms with Crippen molar-refractivity contribution in [2.45, 2.75) is 12.6 Å². The fourth-order valence-corrected chi connectivity index (χ4v) is 4.26. The molecule has 10 heteroatoms. The van der Waals surface area contributed by atoms with Crippen LogP contribution in [0.15, 0.2) is 48.5 Å². The minimum atomic E-state index is -1.04. The zero-order chi connectivity index (χ0) is 26.0. The topological polar surface area (TPSA) is 143 Å². The zero-order valence-corrected chi connectivity index (χ0v) is 19.9. The number of carbonyl (C=O) groups excluding carboxylic acids is 2. The summed E-state index contributed by atoms with van der Waals surface area (Å²) in [5, 5.41) is 20.0. The van der Waals surface area contributed by atoms with Crippen LogP contribution in [0.2, 0.25) is 0 Å². The molecule has 3 aromatic carbocycles. The molecule has 3 aromatic rings. The van der Waals surface area contributed by atoms with Gasteiger partial charge in [0.15, 0.2) is 5.75 Å². The van der Waals surface area contributed by atoms with Gasteiger partial charge in [0, 0.05) is 19.2 Å². The van der Waals surface area contributed by atoms with Crippen LogP contribution >= 0.6 is 0 Å². The summed E-state index contributed by atoms with van der Waals surface area (Å²) < 4.78 is 11.4. The van der Waals surface area contributed by atoms with E-state index in [-0.39, 0.29) is 49.1 Å². The number of para-hydroxylation sites is 1. The van der Waals surface area contributed by atoms with E-state index in [1.165, 1.54) is 23.0 Å². The summed E-state index contributed by atoms with van der Waals surface area (Å²) >= 11 is 0. The number of carboxylic acid groups (broad SMARTS) is 1. The number of nitrogens with two attached hydrogens (primary N) is 1. The molecule has 1 atom stereocenters. The predicted octanol–water partition coefficient (Wildman–Crippen LogP) is 1.86. The Kier molecular flexibility index (Phi) is 7.09. The fraction of sp³-hybridized carbons (Fsp3) is 0.269. The second-order valence-electron chi connectivity index (χ2n) is 8.43. The van der Waals surface area contributed by atoms with Gasteiger partial charge in [-0.1, -0.05) is 18.2 Å². The quantitative estimate of drug-likeness (QED) is 0.453. The molecule has 1 aliphatic heterocycles. The molecule has 0 aliphatic carbocycles. The van der Waals surface area contributed by atoms with Gasteiger partial charge in [-0.25, -0.2) is 4.79 Å². The summed E-state index contributed by atoms with van der Waals surface area (Å²) in [5.41, 5.74) is 7.53. The molecule has 0 fully saturated rings. The Hall–Kier alpha value is -4.15. The molecule has 1 aliphatic rings. The molecule has 4 N–H and O–H groups in total. The van der Waals surface area contributed by atoms with E-state index in [1.807, 2.05) is 0 Å². The van der Waals surface area contributed by atoms with Crippen LogP contribution in [0.4, 0.5) is 5.69 Å². The van der Waals surface area contributed by atoms with Crippen LogP contribution in [-0.4, -0.2) is 72.9 Å². The Bertz CT molecular complexity index is 1340. The summed E-state index contributed by atoms with van der Waals surface area (Å²) in [5.74, 6) is -1.08. The van der Waals surface area contributed by atoms with Crippen LogP contribution in [-0.2, 0) is 11.3 Å². The monoisotopic (exact) mass is 493 g/mol. The number of aliphatic hydroxyl groups is 1. The van der Waals surface area contributed by atoms with Crippen molar-refractivity contribution in [1.29, 1.82) is 0 Å². The number of methoxy groups -OCH3 is 1. The average molecular weight is 494 g/mol. The molecule has 10 nitrogen and oxygen atoms in total. The van der Waals surface area contributed by atoms with Crippen LogP contribution in [0.1, 0.15) is 26.3 Å². The molecule has 4 rings (SSSR count). The third-order valence-electron chi connectivity index (χ3n) is 6.16. The first-order valence-corrected chi connectivity index (χ1v) is 11.3. The van der Waals surface area contributed by atoms with Crippen molar-refractivity contribution in [2.24, 2.45) is 5.73 Å². The Morgan fingerprint density at radius 1 is 1.22 bits per heavy atom. The molecule has 2 amide bonds. The second kappa shape index (κ2) is 10.2. The van der Waals surface area contributed by atoms with Crippen LogP contribution in [0, 0.1) is 0 Å². The van der Waals surface area contributed by atoms with Gasteiger partial charge in [-0.15, -0.1) is 0 Å². The molecule has 0 saturated heterocycles. The van der Waals surface area contributed by atoms with Crippen LogP contribution < -0.4 is 20.1 Å². The summed E-state index contributed by atoms with van der Waals surface area (Å²) in [6.45, 7) is -0.140. The number of hydrogen-bond acceptors (Lipinski definition) is 7. The minimum absolute atomic E-state index is 0.0416. The first-order chi connectivity index (χ1) is 17.3. The average Bonchev–Trinajstić information content (AvgIpc) is 3.00. The van der Waals surface area contributed by atoms with Gasteiger partial charge in [0.05, 0.1) is 37.1 Å². The largest absolute Gasteiger partial charge is 0.496 e. The molecule has 36 heavy (non-hydrogen) atoms. The number of aromatic carboxylic acids is 1. The van der Waals surface area contributed by atoms with Crippen molar-refractivity contribution >= 4 is 34.2 Å². The summed E-state index contributed by atoms with van der Waals surface area (Å²) in [6, 6.07) is 12.1. The van der Waals surface area contributed by atoms with E-state index < -0.39 is 17.9 Å². The lowest BCUT2D eigenvalue weighted by atomic mass is 10.00. The Morgan fingerprint density at radius 3 is 2.69 bits per heavy atom. The number of likely N-dealkylation sites (N-methyl/N-ethyl adjacent to an activating group) is 1. The van der Waals surface area contributed by atoms with Gasteiger partial charge in [-0.3, -0.25) is 9.59 Å². The van der Waals surface area contributed by atoms with Crippen LogP contribution in [0.25, 0.3) is 10.8 Å². The van der Waals surface area contributed by atoms with Gasteiger partial charge in [0.2, 0.25) is 5.91 Å². The highest BCUT2D eigenvalue weighted by Crippen LogP contribution is 2.38. The predicted molar refractivity (Wildman–Crippen MR) is 133 cm³/mol. The van der Waals surface area contributed by atoms with Gasteiger partial charge in [0.25, 0.3) is 5.91 Å². The summed E-state index contributed by atoms with van der Waals surface area (Å²) in [6.07, 6.45) is 0. The number of aliphatic hydroxyl groups excluding tert-OH is 1. The number of amides is 2. The van der Waals surface area contributed by atoms with Gasteiger partial charge in [0.1, 0.15) is 18.4 Å². The maximum atomic E-state index is 13.4. The molecule has 1 heterocycles. The van der Waals surface area contributed by atoms with Gasteiger partial charge >= 0.3 is 5.97 Å². The molecule has 0 radical (unpaired) electrons. The number of anilines is 1. The maximum absolute atomic E-state index is 13.4. The number of carboxylic acids is 1. The molecule has 0 saturated carbocycles. The van der Waals surface area contributed by atoms with E-state index in [0.29, 0.717) is 27.8 Å². The van der Waals surface area contributed by atoms with E-state index in [2.05, 4.69) is 0 Å².